The van der Waals surface area contributed by atoms with Gasteiger partial charge in [0.25, 0.3) is 5.91 Å². The molecule has 1 aromatic carbocycles. The van der Waals surface area contributed by atoms with Gasteiger partial charge < -0.3 is 4.90 Å². The lowest BCUT2D eigenvalue weighted by Crippen LogP contribution is -2.41. The molecular weight excluding hydrogens is 429 g/mol. The fourth-order valence-corrected chi connectivity index (χ4v) is 5.41. The van der Waals surface area contributed by atoms with Gasteiger partial charge in [-0.15, -0.1) is 0 Å². The molecule has 10 heteroatoms. The van der Waals surface area contributed by atoms with Crippen LogP contribution in [0, 0.1) is 0 Å². The van der Waals surface area contributed by atoms with E-state index in [1.54, 1.807) is 24.5 Å². The molecule has 1 saturated heterocycles. The van der Waals surface area contributed by atoms with E-state index in [9.17, 15) is 13.2 Å². The number of halogens is 2. The second-order valence-electron chi connectivity index (χ2n) is 6.17. The highest BCUT2D eigenvalue weighted by atomic mass is 35.5. The Balaban J connectivity index is 1.97. The molecule has 3 rings (SSSR count). The molecule has 0 saturated carbocycles. The summed E-state index contributed by atoms with van der Waals surface area (Å²) in [7, 11) is -3.17. The second kappa shape index (κ2) is 8.34. The third-order valence-electron chi connectivity index (χ3n) is 4.26. The van der Waals surface area contributed by atoms with E-state index in [1.807, 2.05) is 6.07 Å². The molecule has 144 valence electrons. The van der Waals surface area contributed by atoms with Crippen molar-refractivity contribution in [2.75, 3.05) is 17.8 Å². The zero-order valence-corrected chi connectivity index (χ0v) is 17.6. The molecule has 0 radical (unpaired) electrons. The number of carbonyl (C=O) groups is 1. The Bertz CT molecular complexity index is 970. The zero-order chi connectivity index (χ0) is 19.6. The Morgan fingerprint density at radius 3 is 2.78 bits per heavy atom. The van der Waals surface area contributed by atoms with Crippen LogP contribution in [0.1, 0.15) is 22.5 Å². The van der Waals surface area contributed by atoms with Gasteiger partial charge in [0.05, 0.1) is 22.7 Å². The third kappa shape index (κ3) is 4.93. The minimum absolute atomic E-state index is 0.0601. The molecule has 1 fully saturated rings. The molecule has 1 aliphatic rings. The molecule has 0 N–H and O–H groups in total. The second-order valence-corrected chi connectivity index (χ2v) is 10.0. The minimum Gasteiger partial charge on any atom is -0.329 e. The van der Waals surface area contributed by atoms with Gasteiger partial charge in [-0.1, -0.05) is 47.1 Å². The summed E-state index contributed by atoms with van der Waals surface area (Å²) < 4.78 is 23.9. The predicted molar refractivity (Wildman–Crippen MR) is 107 cm³/mol. The summed E-state index contributed by atoms with van der Waals surface area (Å²) in [5.74, 6) is -0.429. The molecule has 6 nitrogen and oxygen atoms in total. The summed E-state index contributed by atoms with van der Waals surface area (Å²) in [5, 5.41) is 1.10. The van der Waals surface area contributed by atoms with Crippen LogP contribution in [0.3, 0.4) is 0 Å². The van der Waals surface area contributed by atoms with Gasteiger partial charge in [0.2, 0.25) is 0 Å². The molecular formula is C17H17Cl2N3O3S2. The van der Waals surface area contributed by atoms with Crippen LogP contribution in [0.5, 0.6) is 0 Å². The summed E-state index contributed by atoms with van der Waals surface area (Å²) in [5.41, 5.74) is 0.873. The standard InChI is InChI=1S/C17H17Cl2N3O3S2/c1-26-17-20-8-14(19)15(21-17)16(23)22(13-5-6-27(24,25)10-13)9-11-3-2-4-12(18)7-11/h2-4,7-8,13H,5-6,9-10H2,1H3/t13-/m0/s1. The highest BCUT2D eigenvalue weighted by Gasteiger charge is 2.36. The highest BCUT2D eigenvalue weighted by Crippen LogP contribution is 2.25. The van der Waals surface area contributed by atoms with Crippen LogP contribution in [0.25, 0.3) is 0 Å². The first-order chi connectivity index (χ1) is 12.8. The van der Waals surface area contributed by atoms with E-state index >= 15 is 0 Å². The molecule has 1 aliphatic heterocycles. The average molecular weight is 446 g/mol. The average Bonchev–Trinajstić information content (AvgIpc) is 2.99. The monoisotopic (exact) mass is 445 g/mol. The van der Waals surface area contributed by atoms with Crippen LogP contribution in [0.15, 0.2) is 35.6 Å². The van der Waals surface area contributed by atoms with Crippen molar-refractivity contribution in [1.82, 2.24) is 14.9 Å². The third-order valence-corrected chi connectivity index (χ3v) is 7.08. The number of amides is 1. The van der Waals surface area contributed by atoms with Crippen molar-refractivity contribution in [2.24, 2.45) is 0 Å². The molecule has 0 aliphatic carbocycles. The minimum atomic E-state index is -3.17. The predicted octanol–water partition coefficient (Wildman–Crippen LogP) is 3.33. The van der Waals surface area contributed by atoms with Crippen LogP contribution in [0.4, 0.5) is 0 Å². The first kappa shape index (κ1) is 20.4. The molecule has 27 heavy (non-hydrogen) atoms. The van der Waals surface area contributed by atoms with Gasteiger partial charge >= 0.3 is 0 Å². The first-order valence-corrected chi connectivity index (χ1v) is 11.9. The maximum absolute atomic E-state index is 13.2. The highest BCUT2D eigenvalue weighted by molar-refractivity contribution is 7.98. The lowest BCUT2D eigenvalue weighted by Gasteiger charge is -2.28. The Kier molecular flexibility index (Phi) is 6.30. The van der Waals surface area contributed by atoms with Gasteiger partial charge in [0, 0.05) is 17.6 Å². The van der Waals surface area contributed by atoms with E-state index in [2.05, 4.69) is 9.97 Å². The number of thioether (sulfide) groups is 1. The fraction of sp³-hybridized carbons (Fsp3) is 0.353. The topological polar surface area (TPSA) is 80.2 Å². The van der Waals surface area contributed by atoms with Gasteiger partial charge in [0.15, 0.2) is 20.7 Å². The maximum Gasteiger partial charge on any atom is 0.274 e. The molecule has 2 aromatic rings. The number of hydrogen-bond donors (Lipinski definition) is 0. The van der Waals surface area contributed by atoms with E-state index in [-0.39, 0.29) is 28.8 Å². The lowest BCUT2D eigenvalue weighted by molar-refractivity contribution is 0.0674. The number of rotatable bonds is 5. The number of hydrogen-bond acceptors (Lipinski definition) is 6. The largest absolute Gasteiger partial charge is 0.329 e. The van der Waals surface area contributed by atoms with E-state index in [0.29, 0.717) is 16.6 Å². The molecule has 1 amide bonds. The Labute approximate surface area is 172 Å². The van der Waals surface area contributed by atoms with Gasteiger partial charge in [-0.05, 0) is 30.4 Å². The molecule has 0 spiro atoms. The maximum atomic E-state index is 13.2. The number of sulfone groups is 1. The number of aromatic nitrogens is 2. The van der Waals surface area contributed by atoms with Crippen molar-refractivity contribution in [3.05, 3.63) is 51.8 Å². The van der Waals surface area contributed by atoms with Crippen LogP contribution in [0.2, 0.25) is 10.0 Å². The number of benzene rings is 1. The van der Waals surface area contributed by atoms with Gasteiger partial charge in [-0.2, -0.15) is 0 Å². The van der Waals surface area contributed by atoms with Gasteiger partial charge in [-0.25, -0.2) is 18.4 Å². The first-order valence-electron chi connectivity index (χ1n) is 8.11. The summed E-state index contributed by atoms with van der Waals surface area (Å²) in [6, 6.07) is 6.67. The molecule has 0 bridgehead atoms. The quantitative estimate of drug-likeness (QED) is 0.518. The van der Waals surface area contributed by atoms with Crippen LogP contribution in [-0.2, 0) is 16.4 Å². The Morgan fingerprint density at radius 2 is 2.15 bits per heavy atom. The number of carbonyl (C=O) groups excluding carboxylic acids is 1. The summed E-state index contributed by atoms with van der Waals surface area (Å²) in [6.45, 7) is 0.217. The Morgan fingerprint density at radius 1 is 1.37 bits per heavy atom. The van der Waals surface area contributed by atoms with Crippen molar-refractivity contribution in [1.29, 1.82) is 0 Å². The summed E-state index contributed by atoms with van der Waals surface area (Å²) in [4.78, 5) is 23.0. The number of nitrogens with zero attached hydrogens (tertiary/aromatic N) is 3. The SMILES string of the molecule is CSc1ncc(Cl)c(C(=O)N(Cc2cccc(Cl)c2)[C@H]2CCS(=O)(=O)C2)n1. The van der Waals surface area contributed by atoms with Crippen LogP contribution < -0.4 is 0 Å². The molecule has 0 unspecified atom stereocenters. The normalized spacial score (nSPS) is 18.4. The summed E-state index contributed by atoms with van der Waals surface area (Å²) in [6.07, 6.45) is 3.56. The van der Waals surface area contributed by atoms with E-state index in [4.69, 9.17) is 23.2 Å². The fourth-order valence-electron chi connectivity index (χ4n) is 2.96. The van der Waals surface area contributed by atoms with Crippen LogP contribution in [-0.4, -0.2) is 53.0 Å². The molecule has 2 heterocycles. The summed E-state index contributed by atoms with van der Waals surface area (Å²) >= 11 is 13.5. The van der Waals surface area contributed by atoms with E-state index < -0.39 is 21.8 Å². The lowest BCUT2D eigenvalue weighted by atomic mass is 10.1. The van der Waals surface area contributed by atoms with E-state index in [1.165, 1.54) is 22.9 Å². The zero-order valence-electron chi connectivity index (χ0n) is 14.4. The van der Waals surface area contributed by atoms with Crippen molar-refractivity contribution in [2.45, 2.75) is 24.2 Å². The van der Waals surface area contributed by atoms with Crippen LogP contribution >= 0.6 is 35.0 Å². The van der Waals surface area contributed by atoms with Crippen molar-refractivity contribution in [3.8, 4) is 0 Å². The molecule has 1 aromatic heterocycles. The van der Waals surface area contributed by atoms with Crippen molar-refractivity contribution >= 4 is 50.7 Å². The Hall–Kier alpha value is -1.35. The smallest absolute Gasteiger partial charge is 0.274 e. The van der Waals surface area contributed by atoms with E-state index in [0.717, 1.165) is 5.56 Å². The van der Waals surface area contributed by atoms with Gasteiger partial charge in [-0.3, -0.25) is 4.79 Å². The molecule has 1 atom stereocenters. The van der Waals surface area contributed by atoms with Crippen molar-refractivity contribution < 1.29 is 13.2 Å². The van der Waals surface area contributed by atoms with Gasteiger partial charge in [0.1, 0.15) is 0 Å². The van der Waals surface area contributed by atoms with Crippen molar-refractivity contribution in [3.63, 3.8) is 0 Å².